The highest BCUT2D eigenvalue weighted by Crippen LogP contribution is 2.33. The van der Waals surface area contributed by atoms with Gasteiger partial charge in [0.15, 0.2) is 0 Å². The van der Waals surface area contributed by atoms with Gasteiger partial charge in [-0.05, 0) is 43.0 Å². The van der Waals surface area contributed by atoms with E-state index in [2.05, 4.69) is 67.9 Å². The SMILES string of the molecule is C[C@@H](Nc1nc(NCc2cccc(Cl)c2F)nc2c(C3=CCNCC3)cccc12)C(C)(C)C. The standard InChI is InChI=1S/C26H31ClFN5/c1-16(26(2,3)4)31-24-20-9-6-8-19(17-11-13-29-14-12-17)23(20)32-25(33-24)30-15-18-7-5-10-21(27)22(18)28/h5-11,16,29H,12-15H2,1-4H3,(H2,30,31,32,33)/t16-/m1/s1. The van der Waals surface area contributed by atoms with Crippen LogP contribution in [0, 0.1) is 11.2 Å². The minimum absolute atomic E-state index is 0.0456. The number of fused-ring (bicyclic) bond motifs is 1. The summed E-state index contributed by atoms with van der Waals surface area (Å²) in [5.74, 6) is 0.799. The molecular formula is C26H31ClFN5. The van der Waals surface area contributed by atoms with Crippen LogP contribution >= 0.6 is 11.6 Å². The quantitative estimate of drug-likeness (QED) is 0.399. The second-order valence-corrected chi connectivity index (χ2v) is 9.99. The van der Waals surface area contributed by atoms with Crippen molar-refractivity contribution in [3.05, 3.63) is 64.4 Å². The molecule has 0 saturated carbocycles. The van der Waals surface area contributed by atoms with Crippen molar-refractivity contribution < 1.29 is 4.39 Å². The topological polar surface area (TPSA) is 61.9 Å². The number of nitrogens with zero attached hydrogens (tertiary/aromatic N) is 2. The summed E-state index contributed by atoms with van der Waals surface area (Å²) in [6.45, 7) is 10.8. The highest BCUT2D eigenvalue weighted by molar-refractivity contribution is 6.30. The van der Waals surface area contributed by atoms with Crippen LogP contribution in [0.15, 0.2) is 42.5 Å². The van der Waals surface area contributed by atoms with E-state index in [-0.39, 0.29) is 23.0 Å². The van der Waals surface area contributed by atoms with Crippen molar-refractivity contribution >= 4 is 39.8 Å². The first kappa shape index (κ1) is 23.5. The first-order chi connectivity index (χ1) is 15.7. The van der Waals surface area contributed by atoms with Gasteiger partial charge in [-0.25, -0.2) is 9.37 Å². The van der Waals surface area contributed by atoms with Crippen LogP contribution < -0.4 is 16.0 Å². The lowest BCUT2D eigenvalue weighted by molar-refractivity contribution is 0.359. The van der Waals surface area contributed by atoms with Gasteiger partial charge in [-0.3, -0.25) is 0 Å². The molecule has 3 aromatic rings. The minimum Gasteiger partial charge on any atom is -0.366 e. The molecule has 1 atom stereocenters. The molecule has 0 aliphatic carbocycles. The molecule has 1 aromatic heterocycles. The molecule has 33 heavy (non-hydrogen) atoms. The maximum absolute atomic E-state index is 14.4. The Morgan fingerprint density at radius 2 is 1.94 bits per heavy atom. The lowest BCUT2D eigenvalue weighted by Gasteiger charge is -2.29. The van der Waals surface area contributed by atoms with Gasteiger partial charge >= 0.3 is 0 Å². The Kier molecular flexibility index (Phi) is 6.86. The molecule has 4 rings (SSSR count). The molecule has 0 bridgehead atoms. The van der Waals surface area contributed by atoms with E-state index in [9.17, 15) is 4.39 Å². The summed E-state index contributed by atoms with van der Waals surface area (Å²) in [6, 6.07) is 11.4. The molecule has 0 radical (unpaired) electrons. The Morgan fingerprint density at radius 3 is 2.67 bits per heavy atom. The van der Waals surface area contributed by atoms with Gasteiger partial charge in [0.25, 0.3) is 0 Å². The molecule has 2 aromatic carbocycles. The lowest BCUT2D eigenvalue weighted by atomic mass is 9.88. The van der Waals surface area contributed by atoms with Crippen LogP contribution in [0.5, 0.6) is 0 Å². The second kappa shape index (κ2) is 9.65. The average Bonchev–Trinajstić information content (AvgIpc) is 2.79. The van der Waals surface area contributed by atoms with Gasteiger partial charge in [0.1, 0.15) is 11.6 Å². The van der Waals surface area contributed by atoms with Crippen molar-refractivity contribution in [1.82, 2.24) is 15.3 Å². The molecule has 0 amide bonds. The van der Waals surface area contributed by atoms with E-state index in [1.54, 1.807) is 18.2 Å². The zero-order valence-corrected chi connectivity index (χ0v) is 20.4. The number of aromatic nitrogens is 2. The van der Waals surface area contributed by atoms with Gasteiger partial charge < -0.3 is 16.0 Å². The van der Waals surface area contributed by atoms with Crippen LogP contribution in [0.2, 0.25) is 5.02 Å². The van der Waals surface area contributed by atoms with Gasteiger partial charge in [-0.15, -0.1) is 0 Å². The maximum atomic E-state index is 14.4. The van der Waals surface area contributed by atoms with Crippen molar-refractivity contribution in [3.8, 4) is 0 Å². The van der Waals surface area contributed by atoms with Crippen LogP contribution in [0.3, 0.4) is 0 Å². The Balaban J connectivity index is 1.77. The first-order valence-corrected chi connectivity index (χ1v) is 11.8. The highest BCUT2D eigenvalue weighted by atomic mass is 35.5. The predicted molar refractivity (Wildman–Crippen MR) is 136 cm³/mol. The summed E-state index contributed by atoms with van der Waals surface area (Å²) >= 11 is 5.95. The fourth-order valence-electron chi connectivity index (χ4n) is 3.75. The van der Waals surface area contributed by atoms with E-state index in [0.29, 0.717) is 11.5 Å². The maximum Gasteiger partial charge on any atom is 0.225 e. The first-order valence-electron chi connectivity index (χ1n) is 11.4. The Hall–Kier alpha value is -2.70. The monoisotopic (exact) mass is 467 g/mol. The number of rotatable bonds is 6. The van der Waals surface area contributed by atoms with Crippen LogP contribution in [0.25, 0.3) is 16.5 Å². The van der Waals surface area contributed by atoms with Gasteiger partial charge in [0, 0.05) is 35.6 Å². The van der Waals surface area contributed by atoms with Gasteiger partial charge in [0.2, 0.25) is 5.95 Å². The Bertz CT molecular complexity index is 1190. The number of halogens is 2. The molecule has 1 aliphatic heterocycles. The normalized spacial score (nSPS) is 15.3. The predicted octanol–water partition coefficient (Wildman–Crippen LogP) is 6.26. The molecule has 2 heterocycles. The number of hydrogen-bond donors (Lipinski definition) is 3. The zero-order valence-electron chi connectivity index (χ0n) is 19.6. The number of hydrogen-bond acceptors (Lipinski definition) is 5. The summed E-state index contributed by atoms with van der Waals surface area (Å²) < 4.78 is 14.4. The number of para-hydroxylation sites is 1. The fourth-order valence-corrected chi connectivity index (χ4v) is 3.94. The molecular weight excluding hydrogens is 437 g/mol. The van der Waals surface area contributed by atoms with E-state index in [1.165, 1.54) is 5.57 Å². The lowest BCUT2D eigenvalue weighted by Crippen LogP contribution is -2.31. The van der Waals surface area contributed by atoms with Gasteiger partial charge in [0.05, 0.1) is 10.5 Å². The summed E-state index contributed by atoms with van der Waals surface area (Å²) in [6.07, 6.45) is 3.17. The third kappa shape index (κ3) is 5.28. The zero-order chi connectivity index (χ0) is 23.6. The van der Waals surface area contributed by atoms with Crippen molar-refractivity contribution in [2.24, 2.45) is 5.41 Å². The summed E-state index contributed by atoms with van der Waals surface area (Å²) in [5.41, 5.74) is 3.79. The smallest absolute Gasteiger partial charge is 0.225 e. The van der Waals surface area contributed by atoms with E-state index in [1.807, 2.05) is 0 Å². The Labute approximate surface area is 199 Å². The third-order valence-electron chi connectivity index (χ3n) is 6.26. The van der Waals surface area contributed by atoms with E-state index >= 15 is 0 Å². The molecule has 3 N–H and O–H groups in total. The van der Waals surface area contributed by atoms with Crippen molar-refractivity contribution in [1.29, 1.82) is 0 Å². The molecule has 1 aliphatic rings. The highest BCUT2D eigenvalue weighted by Gasteiger charge is 2.22. The Morgan fingerprint density at radius 1 is 1.15 bits per heavy atom. The van der Waals surface area contributed by atoms with E-state index in [0.717, 1.165) is 41.8 Å². The number of nitrogens with one attached hydrogen (secondary N) is 3. The summed E-state index contributed by atoms with van der Waals surface area (Å²) in [4.78, 5) is 9.66. The summed E-state index contributed by atoms with van der Waals surface area (Å²) in [7, 11) is 0. The molecule has 5 nitrogen and oxygen atoms in total. The van der Waals surface area contributed by atoms with Crippen molar-refractivity contribution in [3.63, 3.8) is 0 Å². The molecule has 7 heteroatoms. The number of benzene rings is 2. The molecule has 174 valence electrons. The molecule has 0 unspecified atom stereocenters. The molecule has 0 saturated heterocycles. The summed E-state index contributed by atoms with van der Waals surface area (Å²) in [5, 5.41) is 11.3. The van der Waals surface area contributed by atoms with Gasteiger partial charge in [-0.1, -0.05) is 62.7 Å². The van der Waals surface area contributed by atoms with Crippen LogP contribution in [-0.4, -0.2) is 29.1 Å². The largest absolute Gasteiger partial charge is 0.366 e. The fraction of sp³-hybridized carbons (Fsp3) is 0.385. The second-order valence-electron chi connectivity index (χ2n) is 9.58. The van der Waals surface area contributed by atoms with E-state index < -0.39 is 5.82 Å². The number of anilines is 2. The van der Waals surface area contributed by atoms with Crippen molar-refractivity contribution in [2.45, 2.75) is 46.7 Å². The van der Waals surface area contributed by atoms with Crippen LogP contribution in [0.1, 0.15) is 45.2 Å². The van der Waals surface area contributed by atoms with Crippen molar-refractivity contribution in [2.75, 3.05) is 23.7 Å². The minimum atomic E-state index is -0.423. The molecule has 0 spiro atoms. The molecule has 0 fully saturated rings. The average molecular weight is 468 g/mol. The van der Waals surface area contributed by atoms with Gasteiger partial charge in [-0.2, -0.15) is 4.98 Å². The third-order valence-corrected chi connectivity index (χ3v) is 6.55. The van der Waals surface area contributed by atoms with E-state index in [4.69, 9.17) is 21.6 Å². The van der Waals surface area contributed by atoms with Crippen LogP contribution in [0.4, 0.5) is 16.2 Å². The van der Waals surface area contributed by atoms with Crippen LogP contribution in [-0.2, 0) is 6.54 Å².